The summed E-state index contributed by atoms with van der Waals surface area (Å²) in [5.74, 6) is 3.72. The van der Waals surface area contributed by atoms with Crippen molar-refractivity contribution in [1.29, 1.82) is 0 Å². The molecule has 2 aromatic heterocycles. The van der Waals surface area contributed by atoms with Crippen molar-refractivity contribution in [3.05, 3.63) is 24.4 Å². The van der Waals surface area contributed by atoms with Crippen LogP contribution in [-0.4, -0.2) is 25.9 Å². The first-order valence-corrected chi connectivity index (χ1v) is 8.40. The number of hydrogen-bond acceptors (Lipinski definition) is 4. The van der Waals surface area contributed by atoms with E-state index in [2.05, 4.69) is 25.7 Å². The van der Waals surface area contributed by atoms with Crippen LogP contribution < -0.4 is 5.32 Å². The predicted octanol–water partition coefficient (Wildman–Crippen LogP) is 3.25. The van der Waals surface area contributed by atoms with Crippen LogP contribution in [0.25, 0.3) is 11.4 Å². The number of anilines is 1. The number of aromatic amines is 1. The number of nitrogens with zero attached hydrogens (tertiary/aromatic N) is 3. The van der Waals surface area contributed by atoms with Crippen LogP contribution in [-0.2, 0) is 0 Å². The van der Waals surface area contributed by atoms with Gasteiger partial charge in [-0.15, -0.1) is 5.10 Å². The third-order valence-electron chi connectivity index (χ3n) is 5.88. The summed E-state index contributed by atoms with van der Waals surface area (Å²) < 4.78 is 0. The molecule has 0 aliphatic heterocycles. The Morgan fingerprint density at radius 3 is 2.41 bits per heavy atom. The van der Waals surface area contributed by atoms with Crippen molar-refractivity contribution in [1.82, 2.24) is 20.4 Å². The molecular formula is C17H21N5. The smallest absolute Gasteiger partial charge is 0.155 e. The van der Waals surface area contributed by atoms with Crippen LogP contribution in [0.4, 0.5) is 5.82 Å². The maximum atomic E-state index is 4.41. The molecule has 5 heteroatoms. The standard InChI is InChI=1S/C17H21N5/c1-2-4-18-14(3-1)15-16(21-22-20-15)19-17-8-11-5-12(9-17)7-13(6-11)10-17/h1-4,11-13H,5-10H2,(H2,19,20,21,22). The minimum Gasteiger partial charge on any atom is -0.363 e. The average molecular weight is 295 g/mol. The third-order valence-corrected chi connectivity index (χ3v) is 5.88. The second-order valence-corrected chi connectivity index (χ2v) is 7.57. The number of hydrogen-bond donors (Lipinski definition) is 2. The van der Waals surface area contributed by atoms with E-state index in [9.17, 15) is 0 Å². The van der Waals surface area contributed by atoms with E-state index >= 15 is 0 Å². The highest BCUT2D eigenvalue weighted by Gasteiger charge is 2.51. The fourth-order valence-electron chi connectivity index (χ4n) is 5.53. The fourth-order valence-corrected chi connectivity index (χ4v) is 5.53. The highest BCUT2D eigenvalue weighted by atomic mass is 15.4. The molecule has 0 atom stereocenters. The van der Waals surface area contributed by atoms with Crippen molar-refractivity contribution in [2.75, 3.05) is 5.32 Å². The van der Waals surface area contributed by atoms with Crippen molar-refractivity contribution in [2.24, 2.45) is 17.8 Å². The summed E-state index contributed by atoms with van der Waals surface area (Å²) in [5, 5.41) is 15.2. The second-order valence-electron chi connectivity index (χ2n) is 7.57. The van der Waals surface area contributed by atoms with Crippen molar-refractivity contribution in [3.8, 4) is 11.4 Å². The maximum Gasteiger partial charge on any atom is 0.155 e. The Morgan fingerprint density at radius 1 is 1.05 bits per heavy atom. The third kappa shape index (κ3) is 1.95. The lowest BCUT2D eigenvalue weighted by atomic mass is 9.53. The van der Waals surface area contributed by atoms with Gasteiger partial charge in [-0.2, -0.15) is 0 Å². The first kappa shape index (κ1) is 12.6. The number of H-pyrrole nitrogens is 1. The Labute approximate surface area is 129 Å². The molecular weight excluding hydrogens is 274 g/mol. The Balaban J connectivity index is 1.47. The maximum absolute atomic E-state index is 4.41. The quantitative estimate of drug-likeness (QED) is 0.912. The topological polar surface area (TPSA) is 66.5 Å². The van der Waals surface area contributed by atoms with Gasteiger partial charge in [0.2, 0.25) is 0 Å². The van der Waals surface area contributed by atoms with Crippen LogP contribution in [0.2, 0.25) is 0 Å². The lowest BCUT2D eigenvalue weighted by Crippen LogP contribution is -2.54. The normalized spacial score (nSPS) is 35.7. The SMILES string of the molecule is c1ccc(-c2nn[nH]c2NC23CC4CC(CC(C4)C2)C3)nc1. The zero-order chi connectivity index (χ0) is 14.6. The molecule has 4 bridgehead atoms. The lowest BCUT2D eigenvalue weighted by molar-refractivity contribution is 0.0105. The van der Waals surface area contributed by atoms with Gasteiger partial charge in [0.25, 0.3) is 0 Å². The molecule has 22 heavy (non-hydrogen) atoms. The van der Waals surface area contributed by atoms with Gasteiger partial charge in [-0.05, 0) is 68.4 Å². The molecule has 2 aromatic rings. The highest BCUT2D eigenvalue weighted by Crippen LogP contribution is 2.56. The molecule has 2 heterocycles. The lowest BCUT2D eigenvalue weighted by Gasteiger charge is -2.57. The van der Waals surface area contributed by atoms with Gasteiger partial charge in [-0.1, -0.05) is 11.3 Å². The minimum absolute atomic E-state index is 0.256. The predicted molar refractivity (Wildman–Crippen MR) is 84.1 cm³/mol. The number of pyridine rings is 1. The summed E-state index contributed by atoms with van der Waals surface area (Å²) in [6.07, 6.45) is 10.1. The number of rotatable bonds is 3. The summed E-state index contributed by atoms with van der Waals surface area (Å²) in [7, 11) is 0. The van der Waals surface area contributed by atoms with Crippen molar-refractivity contribution in [3.63, 3.8) is 0 Å². The van der Waals surface area contributed by atoms with Crippen LogP contribution in [0.5, 0.6) is 0 Å². The molecule has 6 rings (SSSR count). The van der Waals surface area contributed by atoms with Gasteiger partial charge in [0, 0.05) is 11.7 Å². The zero-order valence-corrected chi connectivity index (χ0v) is 12.6. The zero-order valence-electron chi connectivity index (χ0n) is 12.6. The van der Waals surface area contributed by atoms with Crippen LogP contribution in [0, 0.1) is 17.8 Å². The molecule has 0 aromatic carbocycles. The molecule has 4 aliphatic carbocycles. The molecule has 114 valence electrons. The first-order chi connectivity index (χ1) is 10.8. The molecule has 4 fully saturated rings. The second kappa shape index (κ2) is 4.54. The molecule has 2 N–H and O–H groups in total. The molecule has 5 nitrogen and oxygen atoms in total. The molecule has 0 spiro atoms. The number of aromatic nitrogens is 4. The highest BCUT2D eigenvalue weighted by molar-refractivity contribution is 5.68. The molecule has 0 radical (unpaired) electrons. The summed E-state index contributed by atoms with van der Waals surface area (Å²) in [4.78, 5) is 4.41. The van der Waals surface area contributed by atoms with E-state index in [-0.39, 0.29) is 5.54 Å². The van der Waals surface area contributed by atoms with Crippen LogP contribution in [0.3, 0.4) is 0 Å². The minimum atomic E-state index is 0.256. The van der Waals surface area contributed by atoms with Crippen molar-refractivity contribution >= 4 is 5.82 Å². The largest absolute Gasteiger partial charge is 0.363 e. The summed E-state index contributed by atoms with van der Waals surface area (Å²) in [6.45, 7) is 0. The van der Waals surface area contributed by atoms with Gasteiger partial charge in [0.1, 0.15) is 0 Å². The number of nitrogens with one attached hydrogen (secondary N) is 2. The van der Waals surface area contributed by atoms with Crippen LogP contribution in [0.1, 0.15) is 38.5 Å². The monoisotopic (exact) mass is 295 g/mol. The van der Waals surface area contributed by atoms with Gasteiger partial charge >= 0.3 is 0 Å². The Kier molecular flexibility index (Phi) is 2.60. The Hall–Kier alpha value is -1.91. The summed E-state index contributed by atoms with van der Waals surface area (Å²) in [5.41, 5.74) is 1.98. The van der Waals surface area contributed by atoms with Gasteiger partial charge in [-0.3, -0.25) is 4.98 Å². The van der Waals surface area contributed by atoms with Gasteiger partial charge in [-0.25, -0.2) is 5.10 Å². The molecule has 4 saturated carbocycles. The summed E-state index contributed by atoms with van der Waals surface area (Å²) >= 11 is 0. The van der Waals surface area contributed by atoms with E-state index in [1.54, 1.807) is 6.20 Å². The Morgan fingerprint density at radius 2 is 1.77 bits per heavy atom. The first-order valence-electron chi connectivity index (χ1n) is 8.40. The van der Waals surface area contributed by atoms with E-state index < -0.39 is 0 Å². The molecule has 0 unspecified atom stereocenters. The van der Waals surface area contributed by atoms with Crippen molar-refractivity contribution in [2.45, 2.75) is 44.1 Å². The molecule has 0 amide bonds. The molecule has 4 aliphatic rings. The summed E-state index contributed by atoms with van der Waals surface area (Å²) in [6, 6.07) is 5.91. The van der Waals surface area contributed by atoms with E-state index in [4.69, 9.17) is 0 Å². The van der Waals surface area contributed by atoms with Gasteiger partial charge in [0.15, 0.2) is 11.5 Å². The Bertz CT molecular complexity index is 642. The van der Waals surface area contributed by atoms with Crippen LogP contribution in [0.15, 0.2) is 24.4 Å². The van der Waals surface area contributed by atoms with Crippen molar-refractivity contribution < 1.29 is 0 Å². The van der Waals surface area contributed by atoms with E-state index in [1.165, 1.54) is 38.5 Å². The van der Waals surface area contributed by atoms with Crippen LogP contribution >= 0.6 is 0 Å². The van der Waals surface area contributed by atoms with Gasteiger partial charge in [0.05, 0.1) is 5.69 Å². The van der Waals surface area contributed by atoms with E-state index in [1.807, 2.05) is 18.2 Å². The molecule has 0 saturated heterocycles. The van der Waals surface area contributed by atoms with E-state index in [0.29, 0.717) is 0 Å². The fraction of sp³-hybridized carbons (Fsp3) is 0.588. The average Bonchev–Trinajstić information content (AvgIpc) is 2.94. The van der Waals surface area contributed by atoms with E-state index in [0.717, 1.165) is 35.0 Å². The van der Waals surface area contributed by atoms with Gasteiger partial charge < -0.3 is 5.32 Å².